The van der Waals surface area contributed by atoms with Gasteiger partial charge in [-0.25, -0.2) is 4.79 Å². The fourth-order valence-corrected chi connectivity index (χ4v) is 5.25. The molecule has 0 radical (unpaired) electrons. The van der Waals surface area contributed by atoms with Crippen LogP contribution in [0.3, 0.4) is 0 Å². The van der Waals surface area contributed by atoms with E-state index in [1.807, 2.05) is 37.1 Å². The standard InChI is InChI=1S/C28H24Cl2N2O5/c1-15(2)27-20(25(31-37-27)24-21(29)7-4-8-22(24)30)14-36-23-10-9-17-12-32(13-19(17)26(23)33)18-6-3-5-16(11-18)28(34)35/h3-12,15,19,23H,13-14H2,1-2H3,(H,34,35). The lowest BCUT2D eigenvalue weighted by Crippen LogP contribution is -2.35. The molecule has 5 rings (SSSR count). The molecular weight excluding hydrogens is 515 g/mol. The number of aromatic carboxylic acids is 1. The number of Topliss-reactive ketones (excluding diaryl/α,β-unsaturated/α-hetero) is 1. The number of carbonyl (C=O) groups excluding carboxylic acids is 1. The van der Waals surface area contributed by atoms with Crippen molar-refractivity contribution in [2.45, 2.75) is 32.5 Å². The van der Waals surface area contributed by atoms with E-state index in [9.17, 15) is 14.7 Å². The first kappa shape index (κ1) is 25.3. The Hall–Kier alpha value is -3.39. The van der Waals surface area contributed by atoms with Gasteiger partial charge >= 0.3 is 5.97 Å². The molecule has 0 fully saturated rings. The zero-order valence-electron chi connectivity index (χ0n) is 20.2. The molecule has 0 spiro atoms. The number of rotatable bonds is 7. The molecule has 7 nitrogen and oxygen atoms in total. The molecule has 9 heteroatoms. The van der Waals surface area contributed by atoms with Crippen molar-refractivity contribution in [1.29, 1.82) is 0 Å². The predicted octanol–water partition coefficient (Wildman–Crippen LogP) is 6.51. The highest BCUT2D eigenvalue weighted by molar-refractivity contribution is 6.39. The van der Waals surface area contributed by atoms with E-state index in [-0.39, 0.29) is 29.8 Å². The summed E-state index contributed by atoms with van der Waals surface area (Å²) < 4.78 is 11.8. The highest BCUT2D eigenvalue weighted by atomic mass is 35.5. The number of carbonyl (C=O) groups is 2. The fourth-order valence-electron chi connectivity index (χ4n) is 4.67. The Morgan fingerprint density at radius 3 is 2.65 bits per heavy atom. The Balaban J connectivity index is 1.35. The number of ether oxygens (including phenoxy) is 1. The van der Waals surface area contributed by atoms with Crippen molar-refractivity contribution in [3.05, 3.63) is 93.3 Å². The van der Waals surface area contributed by atoms with Crippen LogP contribution in [0.15, 0.2) is 70.9 Å². The van der Waals surface area contributed by atoms with E-state index in [4.69, 9.17) is 32.5 Å². The predicted molar refractivity (Wildman–Crippen MR) is 141 cm³/mol. The maximum atomic E-state index is 13.4. The summed E-state index contributed by atoms with van der Waals surface area (Å²) in [6.07, 6.45) is 4.76. The van der Waals surface area contributed by atoms with Crippen molar-refractivity contribution in [3.63, 3.8) is 0 Å². The van der Waals surface area contributed by atoms with Gasteiger partial charge in [0.05, 0.1) is 28.1 Å². The third-order valence-electron chi connectivity index (χ3n) is 6.55. The van der Waals surface area contributed by atoms with Gasteiger partial charge in [-0.15, -0.1) is 0 Å². The number of nitrogens with zero attached hydrogens (tertiary/aromatic N) is 2. The molecule has 1 aromatic heterocycles. The Labute approximate surface area is 223 Å². The van der Waals surface area contributed by atoms with Gasteiger partial charge in [0.15, 0.2) is 5.78 Å². The summed E-state index contributed by atoms with van der Waals surface area (Å²) in [6, 6.07) is 11.9. The quantitative estimate of drug-likeness (QED) is 0.366. The van der Waals surface area contributed by atoms with Gasteiger partial charge in [0.2, 0.25) is 0 Å². The zero-order valence-corrected chi connectivity index (χ0v) is 21.7. The van der Waals surface area contributed by atoms with Gasteiger partial charge in [0, 0.05) is 35.5 Å². The van der Waals surface area contributed by atoms with Crippen LogP contribution >= 0.6 is 23.2 Å². The molecule has 0 amide bonds. The molecule has 1 aliphatic heterocycles. The minimum Gasteiger partial charge on any atom is -0.478 e. The first-order valence-corrected chi connectivity index (χ1v) is 12.6. The van der Waals surface area contributed by atoms with E-state index in [1.165, 1.54) is 6.07 Å². The molecule has 2 aromatic carbocycles. The Kier molecular flexibility index (Phi) is 6.94. The van der Waals surface area contributed by atoms with Crippen LogP contribution in [0.2, 0.25) is 10.0 Å². The number of hydrogen-bond acceptors (Lipinski definition) is 6. The van der Waals surface area contributed by atoms with Crippen molar-refractivity contribution in [2.75, 3.05) is 11.4 Å². The minimum absolute atomic E-state index is 0.0261. The van der Waals surface area contributed by atoms with E-state index in [2.05, 4.69) is 5.16 Å². The second kappa shape index (κ2) is 10.2. The monoisotopic (exact) mass is 538 g/mol. The number of carboxylic acids is 1. The van der Waals surface area contributed by atoms with Gasteiger partial charge in [-0.05, 0) is 42.0 Å². The van der Waals surface area contributed by atoms with Gasteiger partial charge in [-0.1, -0.05) is 60.4 Å². The van der Waals surface area contributed by atoms with Crippen molar-refractivity contribution in [3.8, 4) is 11.3 Å². The van der Waals surface area contributed by atoms with Gasteiger partial charge in [-0.2, -0.15) is 0 Å². The lowest BCUT2D eigenvalue weighted by Gasteiger charge is -2.24. The highest BCUT2D eigenvalue weighted by Crippen LogP contribution is 2.39. The molecule has 0 bridgehead atoms. The summed E-state index contributed by atoms with van der Waals surface area (Å²) in [5, 5.41) is 14.4. The molecular formula is C28H24Cl2N2O5. The average molecular weight is 539 g/mol. The molecule has 2 heterocycles. The number of hydrogen-bond donors (Lipinski definition) is 1. The van der Waals surface area contributed by atoms with Crippen LogP contribution in [0.25, 0.3) is 11.3 Å². The molecule has 2 atom stereocenters. The van der Waals surface area contributed by atoms with Gasteiger partial charge in [0.25, 0.3) is 0 Å². The second-order valence-electron chi connectivity index (χ2n) is 9.31. The molecule has 0 saturated carbocycles. The SMILES string of the molecule is CC(C)c1onc(-c2c(Cl)cccc2Cl)c1COC1C=CC2=CN(c3cccc(C(=O)O)c3)CC2C1=O. The summed E-state index contributed by atoms with van der Waals surface area (Å²) in [4.78, 5) is 26.6. The largest absolute Gasteiger partial charge is 0.478 e. The Morgan fingerprint density at radius 2 is 1.95 bits per heavy atom. The van der Waals surface area contributed by atoms with E-state index in [0.717, 1.165) is 5.57 Å². The lowest BCUT2D eigenvalue weighted by atomic mass is 9.88. The molecule has 1 N–H and O–H groups in total. The topological polar surface area (TPSA) is 92.9 Å². The third kappa shape index (κ3) is 4.82. The molecule has 190 valence electrons. The first-order chi connectivity index (χ1) is 17.7. The number of ketones is 1. The van der Waals surface area contributed by atoms with Crippen LogP contribution in [-0.2, 0) is 16.1 Å². The number of benzene rings is 2. The molecule has 37 heavy (non-hydrogen) atoms. The average Bonchev–Trinajstić information content (AvgIpc) is 3.49. The van der Waals surface area contributed by atoms with Crippen LogP contribution in [-0.4, -0.2) is 34.7 Å². The summed E-state index contributed by atoms with van der Waals surface area (Å²) in [5.74, 6) is -0.775. The normalized spacial score (nSPS) is 18.9. The van der Waals surface area contributed by atoms with E-state index in [0.29, 0.717) is 44.9 Å². The molecule has 2 aliphatic rings. The van der Waals surface area contributed by atoms with E-state index >= 15 is 0 Å². The Morgan fingerprint density at radius 1 is 1.22 bits per heavy atom. The van der Waals surface area contributed by atoms with Crippen molar-refractivity contribution >= 4 is 40.6 Å². The number of anilines is 1. The molecule has 2 unspecified atom stereocenters. The van der Waals surface area contributed by atoms with Gasteiger partial charge < -0.3 is 19.3 Å². The fraction of sp³-hybridized carbons (Fsp3) is 0.250. The number of allylic oxidation sites excluding steroid dienone is 1. The van der Waals surface area contributed by atoms with Gasteiger partial charge in [0.1, 0.15) is 17.6 Å². The number of fused-ring (bicyclic) bond motifs is 1. The summed E-state index contributed by atoms with van der Waals surface area (Å²) in [6.45, 7) is 4.46. The number of aromatic nitrogens is 1. The minimum atomic E-state index is -0.998. The smallest absolute Gasteiger partial charge is 0.335 e. The molecule has 0 saturated heterocycles. The van der Waals surface area contributed by atoms with Crippen molar-refractivity contribution in [1.82, 2.24) is 5.16 Å². The number of carboxylic acid groups (broad SMARTS) is 1. The van der Waals surface area contributed by atoms with Crippen LogP contribution in [0.4, 0.5) is 5.69 Å². The van der Waals surface area contributed by atoms with Crippen molar-refractivity contribution in [2.24, 2.45) is 5.92 Å². The number of halogens is 2. The zero-order chi connectivity index (χ0) is 26.3. The Bertz CT molecular complexity index is 1420. The van der Waals surface area contributed by atoms with Crippen LogP contribution in [0.5, 0.6) is 0 Å². The molecule has 1 aliphatic carbocycles. The molecule has 3 aromatic rings. The first-order valence-electron chi connectivity index (χ1n) is 11.8. The van der Waals surface area contributed by atoms with E-state index < -0.39 is 12.1 Å². The van der Waals surface area contributed by atoms with Crippen LogP contribution < -0.4 is 4.90 Å². The maximum Gasteiger partial charge on any atom is 0.335 e. The summed E-state index contributed by atoms with van der Waals surface area (Å²) in [5.41, 5.74) is 3.53. The highest BCUT2D eigenvalue weighted by Gasteiger charge is 2.37. The summed E-state index contributed by atoms with van der Waals surface area (Å²) in [7, 11) is 0. The second-order valence-corrected chi connectivity index (χ2v) is 10.1. The van der Waals surface area contributed by atoms with Crippen LogP contribution in [0, 0.1) is 5.92 Å². The van der Waals surface area contributed by atoms with Gasteiger partial charge in [-0.3, -0.25) is 4.79 Å². The van der Waals surface area contributed by atoms with E-state index in [1.54, 1.807) is 36.4 Å². The lowest BCUT2D eigenvalue weighted by molar-refractivity contribution is -0.131. The summed E-state index contributed by atoms with van der Waals surface area (Å²) >= 11 is 12.9. The maximum absolute atomic E-state index is 13.4. The van der Waals surface area contributed by atoms with Crippen LogP contribution in [0.1, 0.15) is 41.4 Å². The van der Waals surface area contributed by atoms with Crippen molar-refractivity contribution < 1.29 is 24.0 Å². The third-order valence-corrected chi connectivity index (χ3v) is 7.18.